The van der Waals surface area contributed by atoms with E-state index in [4.69, 9.17) is 9.15 Å². The van der Waals surface area contributed by atoms with Crippen molar-refractivity contribution in [2.24, 2.45) is 0 Å². The standard InChI is InChI=1S/C13H16O2/c1-10-11(7-5-9-14-2)12-6-3-4-8-13(12)15-10/h3-4,6,8H,5,7,9H2,1-2H3. The van der Waals surface area contributed by atoms with Crippen LogP contribution in [0.2, 0.25) is 0 Å². The molecule has 0 saturated heterocycles. The lowest BCUT2D eigenvalue weighted by atomic mass is 10.1. The Kier molecular flexibility index (Phi) is 3.07. The molecule has 0 aliphatic rings. The predicted molar refractivity (Wildman–Crippen MR) is 61.1 cm³/mol. The summed E-state index contributed by atoms with van der Waals surface area (Å²) in [5, 5.41) is 1.24. The van der Waals surface area contributed by atoms with Gasteiger partial charge in [-0.1, -0.05) is 18.2 Å². The molecule has 0 N–H and O–H groups in total. The maximum Gasteiger partial charge on any atom is 0.134 e. The first-order valence-electron chi connectivity index (χ1n) is 5.29. The average molecular weight is 204 g/mol. The van der Waals surface area contributed by atoms with Crippen LogP contribution in [0.3, 0.4) is 0 Å². The third-order valence-electron chi connectivity index (χ3n) is 2.68. The lowest BCUT2D eigenvalue weighted by molar-refractivity contribution is 0.195. The van der Waals surface area contributed by atoms with Gasteiger partial charge in [0.2, 0.25) is 0 Å². The molecule has 1 heterocycles. The van der Waals surface area contributed by atoms with Crippen LogP contribution in [0.1, 0.15) is 17.7 Å². The second kappa shape index (κ2) is 4.49. The Bertz CT molecular complexity index is 443. The van der Waals surface area contributed by atoms with Crippen molar-refractivity contribution in [1.82, 2.24) is 0 Å². The molecular weight excluding hydrogens is 188 g/mol. The third-order valence-corrected chi connectivity index (χ3v) is 2.68. The molecule has 0 bridgehead atoms. The highest BCUT2D eigenvalue weighted by Crippen LogP contribution is 2.26. The summed E-state index contributed by atoms with van der Waals surface area (Å²) in [5.41, 5.74) is 2.31. The van der Waals surface area contributed by atoms with Crippen LogP contribution in [-0.4, -0.2) is 13.7 Å². The van der Waals surface area contributed by atoms with Crippen LogP contribution in [0.15, 0.2) is 28.7 Å². The zero-order chi connectivity index (χ0) is 10.7. The minimum absolute atomic E-state index is 0.805. The number of ether oxygens (including phenoxy) is 1. The largest absolute Gasteiger partial charge is 0.461 e. The molecule has 0 aliphatic heterocycles. The van der Waals surface area contributed by atoms with Crippen molar-refractivity contribution in [2.45, 2.75) is 19.8 Å². The maximum absolute atomic E-state index is 5.69. The fourth-order valence-electron chi connectivity index (χ4n) is 1.93. The van der Waals surface area contributed by atoms with Gasteiger partial charge >= 0.3 is 0 Å². The Labute approximate surface area is 89.8 Å². The number of aryl methyl sites for hydroxylation is 2. The van der Waals surface area contributed by atoms with Gasteiger partial charge in [-0.3, -0.25) is 0 Å². The van der Waals surface area contributed by atoms with Crippen molar-refractivity contribution in [3.63, 3.8) is 0 Å². The summed E-state index contributed by atoms with van der Waals surface area (Å²) in [5.74, 6) is 1.03. The molecular formula is C13H16O2. The van der Waals surface area contributed by atoms with Crippen molar-refractivity contribution >= 4 is 11.0 Å². The molecule has 2 nitrogen and oxygen atoms in total. The molecule has 2 aromatic rings. The first kappa shape index (κ1) is 10.2. The van der Waals surface area contributed by atoms with E-state index in [1.807, 2.05) is 19.1 Å². The molecule has 2 heteroatoms. The van der Waals surface area contributed by atoms with Crippen LogP contribution in [0.4, 0.5) is 0 Å². The van der Waals surface area contributed by atoms with Crippen LogP contribution in [0.5, 0.6) is 0 Å². The van der Waals surface area contributed by atoms with Crippen LogP contribution in [-0.2, 0) is 11.2 Å². The first-order chi connectivity index (χ1) is 7.33. The summed E-state index contributed by atoms with van der Waals surface area (Å²) in [6.45, 7) is 2.83. The second-order valence-electron chi connectivity index (χ2n) is 3.73. The summed E-state index contributed by atoms with van der Waals surface area (Å²) < 4.78 is 10.8. The quantitative estimate of drug-likeness (QED) is 0.713. The van der Waals surface area contributed by atoms with E-state index in [1.165, 1.54) is 10.9 Å². The lowest BCUT2D eigenvalue weighted by Crippen LogP contribution is -1.93. The molecule has 80 valence electrons. The van der Waals surface area contributed by atoms with Gasteiger partial charge in [0, 0.05) is 24.7 Å². The van der Waals surface area contributed by atoms with Crippen LogP contribution in [0.25, 0.3) is 11.0 Å². The monoisotopic (exact) mass is 204 g/mol. The van der Waals surface area contributed by atoms with Gasteiger partial charge in [0.1, 0.15) is 11.3 Å². The van der Waals surface area contributed by atoms with E-state index in [1.54, 1.807) is 7.11 Å². The summed E-state index contributed by atoms with van der Waals surface area (Å²) in [6.07, 6.45) is 2.07. The fraction of sp³-hybridized carbons (Fsp3) is 0.385. The molecule has 1 aromatic carbocycles. The molecule has 15 heavy (non-hydrogen) atoms. The SMILES string of the molecule is COCCCc1c(C)oc2ccccc12. The van der Waals surface area contributed by atoms with Crippen LogP contribution < -0.4 is 0 Å². The van der Waals surface area contributed by atoms with Gasteiger partial charge in [-0.05, 0) is 25.8 Å². The predicted octanol–water partition coefficient (Wildman–Crippen LogP) is 3.32. The molecule has 0 radical (unpaired) electrons. The van der Waals surface area contributed by atoms with Gasteiger partial charge in [-0.25, -0.2) is 0 Å². The van der Waals surface area contributed by atoms with E-state index in [0.29, 0.717) is 0 Å². The van der Waals surface area contributed by atoms with E-state index in [2.05, 4.69) is 12.1 Å². The van der Waals surface area contributed by atoms with Gasteiger partial charge in [0.05, 0.1) is 0 Å². The summed E-state index contributed by atoms with van der Waals surface area (Å²) in [4.78, 5) is 0. The first-order valence-corrected chi connectivity index (χ1v) is 5.29. The molecule has 0 spiro atoms. The van der Waals surface area contributed by atoms with Crippen molar-refractivity contribution in [2.75, 3.05) is 13.7 Å². The van der Waals surface area contributed by atoms with Gasteiger partial charge in [0.25, 0.3) is 0 Å². The Morgan fingerprint density at radius 2 is 2.07 bits per heavy atom. The van der Waals surface area contributed by atoms with E-state index >= 15 is 0 Å². The Morgan fingerprint density at radius 3 is 2.87 bits per heavy atom. The second-order valence-corrected chi connectivity index (χ2v) is 3.73. The molecule has 0 fully saturated rings. The number of rotatable bonds is 4. The molecule has 0 amide bonds. The number of hydrogen-bond acceptors (Lipinski definition) is 2. The van der Waals surface area contributed by atoms with E-state index < -0.39 is 0 Å². The molecule has 0 saturated carbocycles. The minimum Gasteiger partial charge on any atom is -0.461 e. The molecule has 0 atom stereocenters. The van der Waals surface area contributed by atoms with E-state index in [9.17, 15) is 0 Å². The van der Waals surface area contributed by atoms with Gasteiger partial charge in [-0.2, -0.15) is 0 Å². The maximum atomic E-state index is 5.69. The summed E-state index contributed by atoms with van der Waals surface area (Å²) >= 11 is 0. The lowest BCUT2D eigenvalue weighted by Gasteiger charge is -1.99. The minimum atomic E-state index is 0.805. The Hall–Kier alpha value is -1.28. The van der Waals surface area contributed by atoms with E-state index in [0.717, 1.165) is 30.8 Å². The highest BCUT2D eigenvalue weighted by Gasteiger charge is 2.09. The number of benzene rings is 1. The van der Waals surface area contributed by atoms with Crippen molar-refractivity contribution in [1.29, 1.82) is 0 Å². The van der Waals surface area contributed by atoms with Crippen molar-refractivity contribution < 1.29 is 9.15 Å². The van der Waals surface area contributed by atoms with Gasteiger partial charge in [-0.15, -0.1) is 0 Å². The van der Waals surface area contributed by atoms with Crippen molar-refractivity contribution in [3.05, 3.63) is 35.6 Å². The Morgan fingerprint density at radius 1 is 1.27 bits per heavy atom. The number of methoxy groups -OCH3 is 1. The smallest absolute Gasteiger partial charge is 0.134 e. The topological polar surface area (TPSA) is 22.4 Å². The zero-order valence-corrected chi connectivity index (χ0v) is 9.25. The fourth-order valence-corrected chi connectivity index (χ4v) is 1.93. The Balaban J connectivity index is 2.28. The number of hydrogen-bond donors (Lipinski definition) is 0. The number of fused-ring (bicyclic) bond motifs is 1. The van der Waals surface area contributed by atoms with Crippen molar-refractivity contribution in [3.8, 4) is 0 Å². The number of furan rings is 1. The molecule has 0 aliphatic carbocycles. The van der Waals surface area contributed by atoms with E-state index in [-0.39, 0.29) is 0 Å². The molecule has 2 rings (SSSR count). The average Bonchev–Trinajstić information content (AvgIpc) is 2.56. The van der Waals surface area contributed by atoms with Crippen LogP contribution in [0, 0.1) is 6.92 Å². The molecule has 1 aromatic heterocycles. The highest BCUT2D eigenvalue weighted by atomic mass is 16.5. The van der Waals surface area contributed by atoms with Gasteiger partial charge < -0.3 is 9.15 Å². The zero-order valence-electron chi connectivity index (χ0n) is 9.25. The number of para-hydroxylation sites is 1. The summed E-state index contributed by atoms with van der Waals surface area (Å²) in [7, 11) is 1.74. The summed E-state index contributed by atoms with van der Waals surface area (Å²) in [6, 6.07) is 8.19. The third kappa shape index (κ3) is 2.05. The van der Waals surface area contributed by atoms with Gasteiger partial charge in [0.15, 0.2) is 0 Å². The molecule has 0 unspecified atom stereocenters. The highest BCUT2D eigenvalue weighted by molar-refractivity contribution is 5.82. The van der Waals surface area contributed by atoms with Crippen LogP contribution >= 0.6 is 0 Å². The normalized spacial score (nSPS) is 11.1.